The topological polar surface area (TPSA) is 30.2 Å². The second kappa shape index (κ2) is 4.98. The Morgan fingerprint density at radius 1 is 1.35 bits per heavy atom. The highest BCUT2D eigenvalue weighted by Crippen LogP contribution is 2.26. The number of hydrogen-bond acceptors (Lipinski definition) is 3. The third-order valence-electron chi connectivity index (χ3n) is 3.27. The number of aromatic nitrogens is 3. The van der Waals surface area contributed by atoms with Gasteiger partial charge in [0, 0.05) is 12.6 Å². The molecule has 90 valence electrons. The molecule has 0 unspecified atom stereocenters. The number of rotatable bonds is 2. The summed E-state index contributed by atoms with van der Waals surface area (Å²) >= 11 is 5.58. The predicted molar refractivity (Wildman–Crippen MR) is 74.4 cm³/mol. The summed E-state index contributed by atoms with van der Waals surface area (Å²) < 4.78 is 3.11. The Morgan fingerprint density at radius 2 is 2.18 bits per heavy atom. The Labute approximate surface area is 113 Å². The van der Waals surface area contributed by atoms with Gasteiger partial charge in [0.05, 0.1) is 4.47 Å². The Kier molecular flexibility index (Phi) is 3.38. The molecule has 1 fully saturated rings. The van der Waals surface area contributed by atoms with E-state index in [1.165, 1.54) is 24.3 Å². The predicted octanol–water partition coefficient (Wildman–Crippen LogP) is 3.18. The summed E-state index contributed by atoms with van der Waals surface area (Å²) in [6, 6.07) is 4.03. The van der Waals surface area contributed by atoms with Gasteiger partial charge < -0.3 is 0 Å². The molecule has 5 heteroatoms. The molecule has 0 saturated carbocycles. The number of nitrogens with zero attached hydrogens (tertiary/aromatic N) is 3. The largest absolute Gasteiger partial charge is 0.285 e. The molecule has 3 nitrogen and oxygen atoms in total. The fourth-order valence-electron chi connectivity index (χ4n) is 2.28. The second-order valence-electron chi connectivity index (χ2n) is 4.43. The van der Waals surface area contributed by atoms with E-state index in [-0.39, 0.29) is 0 Å². The molecule has 1 saturated heterocycles. The zero-order chi connectivity index (χ0) is 11.7. The van der Waals surface area contributed by atoms with Gasteiger partial charge in [0.2, 0.25) is 0 Å². The molecule has 0 spiro atoms. The molecule has 0 aliphatic carbocycles. The van der Waals surface area contributed by atoms with Gasteiger partial charge in [0.15, 0.2) is 5.65 Å². The van der Waals surface area contributed by atoms with Gasteiger partial charge in [0.1, 0.15) is 5.82 Å². The number of pyridine rings is 1. The first-order valence-corrected chi connectivity index (χ1v) is 7.85. The van der Waals surface area contributed by atoms with E-state index in [1.807, 2.05) is 18.3 Å². The van der Waals surface area contributed by atoms with Crippen LogP contribution in [0, 0.1) is 5.92 Å². The summed E-state index contributed by atoms with van der Waals surface area (Å²) in [7, 11) is 0. The second-order valence-corrected chi connectivity index (χ2v) is 6.50. The van der Waals surface area contributed by atoms with E-state index in [0.717, 1.165) is 28.3 Å². The van der Waals surface area contributed by atoms with Crippen LogP contribution in [-0.4, -0.2) is 26.1 Å². The lowest BCUT2D eigenvalue weighted by molar-refractivity contribution is 0.474. The number of halogens is 1. The summed E-state index contributed by atoms with van der Waals surface area (Å²) in [6.45, 7) is 0. The van der Waals surface area contributed by atoms with Gasteiger partial charge in [-0.2, -0.15) is 11.8 Å². The molecule has 3 rings (SSSR count). The molecule has 1 aliphatic rings. The average molecular weight is 312 g/mol. The Balaban J connectivity index is 1.87. The van der Waals surface area contributed by atoms with Crippen molar-refractivity contribution < 1.29 is 0 Å². The number of fused-ring (bicyclic) bond motifs is 1. The minimum absolute atomic E-state index is 0.780. The quantitative estimate of drug-likeness (QED) is 0.853. The molecule has 0 bridgehead atoms. The third kappa shape index (κ3) is 2.36. The third-order valence-corrected chi connectivity index (χ3v) is 4.94. The molecule has 3 heterocycles. The van der Waals surface area contributed by atoms with E-state index in [9.17, 15) is 0 Å². The zero-order valence-electron chi connectivity index (χ0n) is 9.47. The van der Waals surface area contributed by atoms with Crippen molar-refractivity contribution in [2.75, 3.05) is 11.5 Å². The molecule has 0 N–H and O–H groups in total. The first-order chi connectivity index (χ1) is 8.34. The molecule has 0 amide bonds. The first kappa shape index (κ1) is 11.5. The van der Waals surface area contributed by atoms with Crippen LogP contribution in [0.4, 0.5) is 0 Å². The lowest BCUT2D eigenvalue weighted by atomic mass is 9.98. The van der Waals surface area contributed by atoms with Gasteiger partial charge >= 0.3 is 0 Å². The van der Waals surface area contributed by atoms with Crippen molar-refractivity contribution in [2.24, 2.45) is 5.92 Å². The van der Waals surface area contributed by atoms with Crippen molar-refractivity contribution in [3.63, 3.8) is 0 Å². The Hall–Kier alpha value is -0.550. The molecular formula is C12H14BrN3S. The van der Waals surface area contributed by atoms with Gasteiger partial charge in [-0.05, 0) is 58.3 Å². The smallest absolute Gasteiger partial charge is 0.175 e. The van der Waals surface area contributed by atoms with Crippen molar-refractivity contribution in [3.8, 4) is 0 Å². The first-order valence-electron chi connectivity index (χ1n) is 5.90. The maximum Gasteiger partial charge on any atom is 0.175 e. The van der Waals surface area contributed by atoms with Crippen molar-refractivity contribution >= 4 is 33.3 Å². The van der Waals surface area contributed by atoms with Crippen LogP contribution >= 0.6 is 27.7 Å². The molecule has 17 heavy (non-hydrogen) atoms. The van der Waals surface area contributed by atoms with Crippen molar-refractivity contribution in [1.82, 2.24) is 14.6 Å². The maximum absolute atomic E-state index is 4.33. The van der Waals surface area contributed by atoms with Crippen LogP contribution in [-0.2, 0) is 6.42 Å². The standard InChI is InChI=1S/C12H14BrN3S/c13-10-2-1-5-16-11(14-15-12(10)16)8-9-3-6-17-7-4-9/h1-2,5,9H,3-4,6-8H2. The van der Waals surface area contributed by atoms with Crippen LogP contribution in [0.2, 0.25) is 0 Å². The van der Waals surface area contributed by atoms with Gasteiger partial charge in [-0.15, -0.1) is 10.2 Å². The highest BCUT2D eigenvalue weighted by molar-refractivity contribution is 9.10. The molecule has 2 aromatic rings. The molecule has 0 atom stereocenters. The van der Waals surface area contributed by atoms with Crippen LogP contribution in [0.3, 0.4) is 0 Å². The summed E-state index contributed by atoms with van der Waals surface area (Å²) in [4.78, 5) is 0. The Morgan fingerprint density at radius 3 is 3.00 bits per heavy atom. The summed E-state index contributed by atoms with van der Waals surface area (Å²) in [5.74, 6) is 4.47. The highest BCUT2D eigenvalue weighted by atomic mass is 79.9. The van der Waals surface area contributed by atoms with Crippen molar-refractivity contribution in [2.45, 2.75) is 19.3 Å². The van der Waals surface area contributed by atoms with Crippen LogP contribution in [0.25, 0.3) is 5.65 Å². The number of thioether (sulfide) groups is 1. The molecule has 0 aromatic carbocycles. The molecule has 2 aromatic heterocycles. The summed E-state index contributed by atoms with van der Waals surface area (Å²) in [5.41, 5.74) is 0.924. The summed E-state index contributed by atoms with van der Waals surface area (Å²) in [6.07, 6.45) is 5.73. The molecular weight excluding hydrogens is 298 g/mol. The monoisotopic (exact) mass is 311 g/mol. The molecule has 0 radical (unpaired) electrons. The van der Waals surface area contributed by atoms with Gasteiger partial charge in [-0.3, -0.25) is 4.40 Å². The average Bonchev–Trinajstić information content (AvgIpc) is 2.76. The van der Waals surface area contributed by atoms with Crippen LogP contribution in [0.15, 0.2) is 22.8 Å². The lowest BCUT2D eigenvalue weighted by Gasteiger charge is -2.20. The normalized spacial score (nSPS) is 17.7. The van der Waals surface area contributed by atoms with Crippen LogP contribution in [0.1, 0.15) is 18.7 Å². The van der Waals surface area contributed by atoms with Crippen LogP contribution < -0.4 is 0 Å². The minimum Gasteiger partial charge on any atom is -0.285 e. The van der Waals surface area contributed by atoms with Crippen LogP contribution in [0.5, 0.6) is 0 Å². The lowest BCUT2D eigenvalue weighted by Crippen LogP contribution is -2.13. The van der Waals surface area contributed by atoms with Gasteiger partial charge in [-0.25, -0.2) is 0 Å². The zero-order valence-corrected chi connectivity index (χ0v) is 11.9. The van der Waals surface area contributed by atoms with E-state index in [0.29, 0.717) is 0 Å². The fourth-order valence-corrected chi connectivity index (χ4v) is 3.91. The van der Waals surface area contributed by atoms with E-state index >= 15 is 0 Å². The Bertz CT molecular complexity index is 519. The fraction of sp³-hybridized carbons (Fsp3) is 0.500. The summed E-state index contributed by atoms with van der Waals surface area (Å²) in [5, 5.41) is 8.57. The van der Waals surface area contributed by atoms with Crippen molar-refractivity contribution in [3.05, 3.63) is 28.6 Å². The van der Waals surface area contributed by atoms with Crippen molar-refractivity contribution in [1.29, 1.82) is 0 Å². The maximum atomic E-state index is 4.33. The van der Waals surface area contributed by atoms with E-state index in [2.05, 4.69) is 42.3 Å². The van der Waals surface area contributed by atoms with E-state index in [1.54, 1.807) is 0 Å². The van der Waals surface area contributed by atoms with E-state index in [4.69, 9.17) is 0 Å². The highest BCUT2D eigenvalue weighted by Gasteiger charge is 2.17. The van der Waals surface area contributed by atoms with Gasteiger partial charge in [-0.1, -0.05) is 0 Å². The van der Waals surface area contributed by atoms with Gasteiger partial charge in [0.25, 0.3) is 0 Å². The SMILES string of the molecule is Brc1cccn2c(CC3CCSCC3)nnc12. The molecule has 1 aliphatic heterocycles. The van der Waals surface area contributed by atoms with E-state index < -0.39 is 0 Å². The minimum atomic E-state index is 0.780. The number of hydrogen-bond donors (Lipinski definition) is 0.